The highest BCUT2D eigenvalue weighted by Crippen LogP contribution is 2.23. The number of para-hydroxylation sites is 1. The zero-order valence-electron chi connectivity index (χ0n) is 11.9. The van der Waals surface area contributed by atoms with E-state index in [1.807, 2.05) is 0 Å². The van der Waals surface area contributed by atoms with Crippen molar-refractivity contribution in [1.82, 2.24) is 0 Å². The van der Waals surface area contributed by atoms with Crippen LogP contribution in [0.3, 0.4) is 0 Å². The lowest BCUT2D eigenvalue weighted by molar-refractivity contribution is 0.121. The molecule has 20 heavy (non-hydrogen) atoms. The quantitative estimate of drug-likeness (QED) is 0.908. The molecule has 2 aromatic rings. The lowest BCUT2D eigenvalue weighted by Gasteiger charge is -2.20. The minimum atomic E-state index is 0.291. The number of anilines is 1. The highest BCUT2D eigenvalue weighted by molar-refractivity contribution is 5.53. The Hall–Kier alpha value is -1.80. The molecule has 1 heterocycles. The highest BCUT2D eigenvalue weighted by atomic mass is 16.5. The van der Waals surface area contributed by atoms with Crippen LogP contribution in [0.15, 0.2) is 54.6 Å². The van der Waals surface area contributed by atoms with Crippen molar-refractivity contribution in [3.8, 4) is 0 Å². The van der Waals surface area contributed by atoms with Gasteiger partial charge >= 0.3 is 0 Å². The van der Waals surface area contributed by atoms with Crippen molar-refractivity contribution in [1.29, 1.82) is 0 Å². The Bertz CT molecular complexity index is 552. The molecule has 1 aliphatic rings. The maximum absolute atomic E-state index is 5.63. The van der Waals surface area contributed by atoms with Crippen LogP contribution in [0.5, 0.6) is 0 Å². The van der Waals surface area contributed by atoms with Gasteiger partial charge in [0.2, 0.25) is 0 Å². The van der Waals surface area contributed by atoms with Gasteiger partial charge in [-0.3, -0.25) is 0 Å². The molecule has 0 aromatic heterocycles. The average molecular weight is 267 g/mol. The smallest absolute Gasteiger partial charge is 0.0748 e. The van der Waals surface area contributed by atoms with Crippen LogP contribution >= 0.6 is 0 Å². The molecule has 1 fully saturated rings. The lowest BCUT2D eigenvalue weighted by atomic mass is 10.0. The van der Waals surface area contributed by atoms with Crippen molar-refractivity contribution >= 4 is 5.69 Å². The van der Waals surface area contributed by atoms with E-state index in [2.05, 4.69) is 66.8 Å². The molecule has 3 rings (SSSR count). The molecule has 0 radical (unpaired) electrons. The van der Waals surface area contributed by atoms with Gasteiger partial charge in [-0.1, -0.05) is 48.5 Å². The highest BCUT2D eigenvalue weighted by Gasteiger charge is 2.24. The number of hydrogen-bond acceptors (Lipinski definition) is 2. The van der Waals surface area contributed by atoms with Crippen LogP contribution in [-0.4, -0.2) is 18.8 Å². The summed E-state index contributed by atoms with van der Waals surface area (Å²) >= 11 is 0. The van der Waals surface area contributed by atoms with Crippen molar-refractivity contribution in [2.24, 2.45) is 0 Å². The molecule has 2 atom stereocenters. The molecule has 0 saturated carbocycles. The number of benzene rings is 2. The number of rotatable bonds is 4. The normalized spacial score (nSPS) is 21.9. The summed E-state index contributed by atoms with van der Waals surface area (Å²) in [6.07, 6.45) is 2.34. The first-order chi connectivity index (χ1) is 9.83. The van der Waals surface area contributed by atoms with E-state index < -0.39 is 0 Å². The van der Waals surface area contributed by atoms with Crippen molar-refractivity contribution < 1.29 is 4.74 Å². The molecule has 2 unspecified atom stereocenters. The summed E-state index contributed by atoms with van der Waals surface area (Å²) in [5.74, 6) is 0. The van der Waals surface area contributed by atoms with E-state index >= 15 is 0 Å². The van der Waals surface area contributed by atoms with Gasteiger partial charge in [0.1, 0.15) is 0 Å². The average Bonchev–Trinajstić information content (AvgIpc) is 2.88. The standard InChI is InChI=1S/C18H21NO/c1-14-17(11-12-20-14)19-18-10-6-5-9-16(18)13-15-7-3-2-4-8-15/h2-10,14,17,19H,11-13H2,1H3. The molecule has 2 nitrogen and oxygen atoms in total. The first-order valence-electron chi connectivity index (χ1n) is 7.33. The fourth-order valence-electron chi connectivity index (χ4n) is 2.75. The van der Waals surface area contributed by atoms with Crippen molar-refractivity contribution in [2.75, 3.05) is 11.9 Å². The van der Waals surface area contributed by atoms with Gasteiger partial charge in [-0.2, -0.15) is 0 Å². The minimum Gasteiger partial charge on any atom is -0.379 e. The van der Waals surface area contributed by atoms with Crippen LogP contribution < -0.4 is 5.32 Å². The SMILES string of the molecule is CC1OCCC1Nc1ccccc1Cc1ccccc1. The third-order valence-electron chi connectivity index (χ3n) is 3.97. The van der Waals surface area contributed by atoms with E-state index in [1.165, 1.54) is 16.8 Å². The molecule has 2 heteroatoms. The maximum Gasteiger partial charge on any atom is 0.0748 e. The number of hydrogen-bond donors (Lipinski definition) is 1. The van der Waals surface area contributed by atoms with Gasteiger partial charge in [0.05, 0.1) is 12.1 Å². The van der Waals surface area contributed by atoms with Gasteiger partial charge in [0.15, 0.2) is 0 Å². The predicted molar refractivity (Wildman–Crippen MR) is 83.1 cm³/mol. The predicted octanol–water partition coefficient (Wildman–Crippen LogP) is 3.87. The van der Waals surface area contributed by atoms with Gasteiger partial charge in [0.25, 0.3) is 0 Å². The number of nitrogens with one attached hydrogen (secondary N) is 1. The first kappa shape index (κ1) is 13.2. The van der Waals surface area contributed by atoms with Crippen molar-refractivity contribution in [3.05, 3.63) is 65.7 Å². The summed E-state index contributed by atoms with van der Waals surface area (Å²) in [6.45, 7) is 3.00. The van der Waals surface area contributed by atoms with Crippen LogP contribution in [0.25, 0.3) is 0 Å². The molecule has 1 saturated heterocycles. The Morgan fingerprint density at radius 1 is 1.05 bits per heavy atom. The lowest BCUT2D eigenvalue weighted by Crippen LogP contribution is -2.27. The molecule has 1 aliphatic heterocycles. The fourth-order valence-corrected chi connectivity index (χ4v) is 2.75. The maximum atomic E-state index is 5.63. The zero-order valence-corrected chi connectivity index (χ0v) is 11.9. The van der Waals surface area contributed by atoms with Crippen LogP contribution in [-0.2, 0) is 11.2 Å². The van der Waals surface area contributed by atoms with Gasteiger partial charge < -0.3 is 10.1 Å². The summed E-state index contributed by atoms with van der Waals surface area (Å²) in [5, 5.41) is 3.65. The Morgan fingerprint density at radius 2 is 1.80 bits per heavy atom. The Kier molecular flexibility index (Phi) is 4.03. The Balaban J connectivity index is 1.77. The zero-order chi connectivity index (χ0) is 13.8. The second-order valence-corrected chi connectivity index (χ2v) is 5.43. The molecule has 0 aliphatic carbocycles. The molecular weight excluding hydrogens is 246 g/mol. The minimum absolute atomic E-state index is 0.291. The summed E-state index contributed by atoms with van der Waals surface area (Å²) in [7, 11) is 0. The van der Waals surface area contributed by atoms with Crippen LogP contribution in [0.2, 0.25) is 0 Å². The largest absolute Gasteiger partial charge is 0.379 e. The van der Waals surface area contributed by atoms with Gasteiger partial charge in [-0.15, -0.1) is 0 Å². The third-order valence-corrected chi connectivity index (χ3v) is 3.97. The van der Waals surface area contributed by atoms with Crippen LogP contribution in [0.4, 0.5) is 5.69 Å². The fraction of sp³-hybridized carbons (Fsp3) is 0.333. The van der Waals surface area contributed by atoms with E-state index in [4.69, 9.17) is 4.74 Å². The Morgan fingerprint density at radius 3 is 2.55 bits per heavy atom. The summed E-state index contributed by atoms with van der Waals surface area (Å²) in [6, 6.07) is 19.6. The summed E-state index contributed by atoms with van der Waals surface area (Å²) < 4.78 is 5.63. The second-order valence-electron chi connectivity index (χ2n) is 5.43. The van der Waals surface area contributed by atoms with Gasteiger partial charge in [-0.05, 0) is 37.0 Å². The summed E-state index contributed by atoms with van der Waals surface area (Å²) in [5.41, 5.74) is 3.92. The van der Waals surface area contributed by atoms with E-state index in [9.17, 15) is 0 Å². The molecule has 0 spiro atoms. The Labute approximate surface area is 120 Å². The monoisotopic (exact) mass is 267 g/mol. The molecule has 2 aromatic carbocycles. The van der Waals surface area contributed by atoms with E-state index in [0.717, 1.165) is 19.4 Å². The molecule has 0 amide bonds. The van der Waals surface area contributed by atoms with E-state index in [1.54, 1.807) is 0 Å². The molecule has 1 N–H and O–H groups in total. The first-order valence-corrected chi connectivity index (χ1v) is 7.33. The molecule has 0 bridgehead atoms. The molecular formula is C18H21NO. The number of ether oxygens (including phenoxy) is 1. The van der Waals surface area contributed by atoms with Crippen LogP contribution in [0.1, 0.15) is 24.5 Å². The topological polar surface area (TPSA) is 21.3 Å². The molecule has 104 valence electrons. The third kappa shape index (κ3) is 3.02. The second kappa shape index (κ2) is 6.10. The van der Waals surface area contributed by atoms with Crippen molar-refractivity contribution in [2.45, 2.75) is 31.9 Å². The van der Waals surface area contributed by atoms with Gasteiger partial charge in [0, 0.05) is 12.3 Å². The van der Waals surface area contributed by atoms with Gasteiger partial charge in [-0.25, -0.2) is 0 Å². The van der Waals surface area contributed by atoms with Crippen molar-refractivity contribution in [3.63, 3.8) is 0 Å². The van der Waals surface area contributed by atoms with E-state index in [-0.39, 0.29) is 0 Å². The summed E-state index contributed by atoms with van der Waals surface area (Å²) in [4.78, 5) is 0. The van der Waals surface area contributed by atoms with Crippen LogP contribution in [0, 0.1) is 0 Å². The van der Waals surface area contributed by atoms with E-state index in [0.29, 0.717) is 12.1 Å².